The smallest absolute Gasteiger partial charge is 0.293 e. The van der Waals surface area contributed by atoms with Gasteiger partial charge in [0.25, 0.3) is 11.1 Å². The zero-order chi connectivity index (χ0) is 24.4. The zero-order valence-corrected chi connectivity index (χ0v) is 20.7. The van der Waals surface area contributed by atoms with Gasteiger partial charge in [0.2, 0.25) is 0 Å². The lowest BCUT2D eigenvalue weighted by molar-refractivity contribution is -0.123. The van der Waals surface area contributed by atoms with E-state index < -0.39 is 0 Å². The normalized spacial score (nSPS) is 14.8. The van der Waals surface area contributed by atoms with Gasteiger partial charge in [-0.05, 0) is 70.1 Å². The van der Waals surface area contributed by atoms with Crippen LogP contribution < -0.4 is 4.74 Å². The molecule has 0 unspecified atom stereocenters. The molecule has 35 heavy (non-hydrogen) atoms. The Morgan fingerprint density at radius 2 is 1.46 bits per heavy atom. The van der Waals surface area contributed by atoms with Gasteiger partial charge in [-0.1, -0.05) is 77.8 Å². The average molecular weight is 520 g/mol. The van der Waals surface area contributed by atoms with E-state index in [-0.39, 0.29) is 17.7 Å². The third-order valence-corrected chi connectivity index (χ3v) is 7.05. The van der Waals surface area contributed by atoms with E-state index >= 15 is 0 Å². The van der Waals surface area contributed by atoms with Crippen LogP contribution in [-0.4, -0.2) is 16.0 Å². The lowest BCUT2D eigenvalue weighted by atomic mass is 10.0. The van der Waals surface area contributed by atoms with Crippen molar-refractivity contribution in [1.29, 1.82) is 0 Å². The third-order valence-electron chi connectivity index (χ3n) is 5.64. The van der Waals surface area contributed by atoms with Crippen LogP contribution in [0.5, 0.6) is 5.75 Å². The Labute approximate surface area is 217 Å². The highest BCUT2D eigenvalue weighted by atomic mass is 35.5. The van der Waals surface area contributed by atoms with Gasteiger partial charge in [-0.15, -0.1) is 0 Å². The number of hydrogen-bond donors (Lipinski definition) is 0. The van der Waals surface area contributed by atoms with Gasteiger partial charge in [-0.3, -0.25) is 14.5 Å². The van der Waals surface area contributed by atoms with Gasteiger partial charge in [0, 0.05) is 15.6 Å². The van der Waals surface area contributed by atoms with Gasteiger partial charge < -0.3 is 4.74 Å². The summed E-state index contributed by atoms with van der Waals surface area (Å²) in [6.07, 6.45) is 1.76. The van der Waals surface area contributed by atoms with Crippen LogP contribution in [0.25, 0.3) is 16.8 Å². The lowest BCUT2D eigenvalue weighted by Gasteiger charge is -2.14. The number of imide groups is 1. The number of halogens is 2. The van der Waals surface area contributed by atoms with E-state index in [0.29, 0.717) is 27.3 Å². The Hall–Kier alpha value is -3.25. The fraction of sp³-hybridized carbons (Fsp3) is 0.0714. The molecule has 4 nitrogen and oxygen atoms in total. The average Bonchev–Trinajstić information content (AvgIpc) is 3.13. The highest BCUT2D eigenvalue weighted by Crippen LogP contribution is 2.37. The first-order valence-corrected chi connectivity index (χ1v) is 12.4. The fourth-order valence-electron chi connectivity index (χ4n) is 3.83. The fourth-order valence-corrected chi connectivity index (χ4v) is 4.90. The van der Waals surface area contributed by atoms with E-state index in [1.54, 1.807) is 18.2 Å². The zero-order valence-electron chi connectivity index (χ0n) is 18.4. The van der Waals surface area contributed by atoms with E-state index in [1.807, 2.05) is 72.8 Å². The molecule has 1 aliphatic rings. The number of benzene rings is 4. The van der Waals surface area contributed by atoms with Crippen molar-refractivity contribution in [1.82, 2.24) is 4.90 Å². The summed E-state index contributed by atoms with van der Waals surface area (Å²) in [5, 5.41) is 2.91. The van der Waals surface area contributed by atoms with E-state index in [1.165, 1.54) is 4.90 Å². The van der Waals surface area contributed by atoms with Crippen LogP contribution in [0.1, 0.15) is 16.7 Å². The van der Waals surface area contributed by atoms with Crippen LogP contribution in [0.3, 0.4) is 0 Å². The molecule has 7 heteroatoms. The Kier molecular flexibility index (Phi) is 6.82. The van der Waals surface area contributed by atoms with E-state index in [0.717, 1.165) is 39.2 Å². The van der Waals surface area contributed by atoms with Gasteiger partial charge in [0.05, 0.1) is 11.4 Å². The minimum atomic E-state index is -0.327. The number of amides is 2. The number of nitrogens with zero attached hydrogens (tertiary/aromatic N) is 1. The predicted octanol–water partition coefficient (Wildman–Crippen LogP) is 7.96. The largest absolute Gasteiger partial charge is 0.488 e. The quantitative estimate of drug-likeness (QED) is 0.242. The van der Waals surface area contributed by atoms with E-state index in [2.05, 4.69) is 0 Å². The van der Waals surface area contributed by atoms with Crippen LogP contribution in [0.4, 0.5) is 4.79 Å². The number of hydrogen-bond acceptors (Lipinski definition) is 4. The molecule has 0 aliphatic carbocycles. The minimum absolute atomic E-state index is 0.189. The standard InChI is InChI=1S/C28H19Cl2NO3S/c29-21-10-5-18(6-11-21)16-31-27(32)26(35-28(31)33)15-24-23-4-2-1-3-20(23)9-14-25(24)34-17-19-7-12-22(30)13-8-19/h1-15H,16-17H2/b26-15-. The molecule has 0 spiro atoms. The van der Waals surface area contributed by atoms with Crippen LogP contribution >= 0.6 is 35.0 Å². The molecule has 1 saturated heterocycles. The van der Waals surface area contributed by atoms with Gasteiger partial charge >= 0.3 is 0 Å². The summed E-state index contributed by atoms with van der Waals surface area (Å²) in [7, 11) is 0. The number of carbonyl (C=O) groups is 2. The number of fused-ring (bicyclic) bond motifs is 1. The molecule has 1 fully saturated rings. The molecule has 0 radical (unpaired) electrons. The van der Waals surface area contributed by atoms with Crippen LogP contribution in [0.2, 0.25) is 10.0 Å². The van der Waals surface area contributed by atoms with Gasteiger partial charge in [0.15, 0.2) is 0 Å². The van der Waals surface area contributed by atoms with Gasteiger partial charge in [-0.25, -0.2) is 0 Å². The first kappa shape index (κ1) is 23.5. The highest BCUT2D eigenvalue weighted by Gasteiger charge is 2.35. The molecule has 1 aliphatic heterocycles. The predicted molar refractivity (Wildman–Crippen MR) is 143 cm³/mol. The summed E-state index contributed by atoms with van der Waals surface area (Å²) < 4.78 is 6.16. The Balaban J connectivity index is 1.46. The molecule has 0 atom stereocenters. The van der Waals surface area contributed by atoms with Crippen molar-refractivity contribution in [3.63, 3.8) is 0 Å². The van der Waals surface area contributed by atoms with Crippen LogP contribution in [0.15, 0.2) is 89.8 Å². The number of thioether (sulfide) groups is 1. The number of ether oxygens (including phenoxy) is 1. The molecule has 0 bridgehead atoms. The Morgan fingerprint density at radius 3 is 2.17 bits per heavy atom. The molecule has 174 valence electrons. The molecule has 4 aromatic rings. The molecule has 2 amide bonds. The monoisotopic (exact) mass is 519 g/mol. The molecule has 1 heterocycles. The molecule has 4 aromatic carbocycles. The van der Waals surface area contributed by atoms with Crippen molar-refractivity contribution in [2.24, 2.45) is 0 Å². The lowest BCUT2D eigenvalue weighted by Crippen LogP contribution is -2.27. The summed E-state index contributed by atoms with van der Waals surface area (Å²) >= 11 is 12.9. The second-order valence-electron chi connectivity index (χ2n) is 8.01. The summed E-state index contributed by atoms with van der Waals surface area (Å²) in [5.41, 5.74) is 2.56. The molecule has 0 N–H and O–H groups in total. The molecule has 0 saturated carbocycles. The van der Waals surface area contributed by atoms with Crippen molar-refractivity contribution in [2.75, 3.05) is 0 Å². The van der Waals surface area contributed by atoms with Crippen molar-refractivity contribution in [3.8, 4) is 5.75 Å². The number of rotatable bonds is 6. The second-order valence-corrected chi connectivity index (χ2v) is 9.87. The summed E-state index contributed by atoms with van der Waals surface area (Å²) in [6.45, 7) is 0.531. The van der Waals surface area contributed by atoms with Crippen LogP contribution in [-0.2, 0) is 17.9 Å². The maximum atomic E-state index is 13.2. The third kappa shape index (κ3) is 5.22. The molecule has 5 rings (SSSR count). The summed E-state index contributed by atoms with van der Waals surface area (Å²) in [6, 6.07) is 26.3. The summed E-state index contributed by atoms with van der Waals surface area (Å²) in [5.74, 6) is 0.301. The first-order chi connectivity index (χ1) is 17.0. The maximum absolute atomic E-state index is 13.2. The topological polar surface area (TPSA) is 46.6 Å². The van der Waals surface area contributed by atoms with Crippen molar-refractivity contribution in [3.05, 3.63) is 117 Å². The van der Waals surface area contributed by atoms with Crippen molar-refractivity contribution < 1.29 is 14.3 Å². The molecular weight excluding hydrogens is 501 g/mol. The summed E-state index contributed by atoms with van der Waals surface area (Å²) in [4.78, 5) is 27.5. The van der Waals surface area contributed by atoms with E-state index in [4.69, 9.17) is 27.9 Å². The first-order valence-electron chi connectivity index (χ1n) is 10.9. The minimum Gasteiger partial charge on any atom is -0.488 e. The van der Waals surface area contributed by atoms with Gasteiger partial charge in [-0.2, -0.15) is 0 Å². The SMILES string of the molecule is O=C1S/C(=C\c2c(OCc3ccc(Cl)cc3)ccc3ccccc23)C(=O)N1Cc1ccc(Cl)cc1. The number of carbonyl (C=O) groups excluding carboxylic acids is 2. The Morgan fingerprint density at radius 1 is 0.800 bits per heavy atom. The Bertz CT molecular complexity index is 1450. The van der Waals surface area contributed by atoms with Crippen molar-refractivity contribution in [2.45, 2.75) is 13.2 Å². The molecular formula is C28H19Cl2NO3S. The van der Waals surface area contributed by atoms with Crippen LogP contribution in [0, 0.1) is 0 Å². The van der Waals surface area contributed by atoms with Gasteiger partial charge in [0.1, 0.15) is 12.4 Å². The van der Waals surface area contributed by atoms with Crippen molar-refractivity contribution >= 4 is 63.0 Å². The second kappa shape index (κ2) is 10.2. The maximum Gasteiger partial charge on any atom is 0.293 e. The highest BCUT2D eigenvalue weighted by molar-refractivity contribution is 8.18. The van der Waals surface area contributed by atoms with E-state index in [9.17, 15) is 9.59 Å². The molecule has 0 aromatic heterocycles.